The molecule has 0 radical (unpaired) electrons. The average molecular weight is 145 g/mol. The second-order valence-electron chi connectivity index (χ2n) is 1.85. The van der Waals surface area contributed by atoms with Crippen molar-refractivity contribution in [1.29, 1.82) is 0 Å². The molecule has 0 fully saturated rings. The first kappa shape index (κ1) is 8.77. The number of halogens is 1. The maximum Gasteiger partial charge on any atom is 0.0404 e. The molecule has 0 amide bonds. The summed E-state index contributed by atoms with van der Waals surface area (Å²) in [6, 6.07) is 0. The monoisotopic (exact) mass is 144 g/mol. The van der Waals surface area contributed by atoms with Gasteiger partial charge in [0, 0.05) is 5.88 Å². The van der Waals surface area contributed by atoms with Gasteiger partial charge in [-0.05, 0) is 19.3 Å². The molecule has 0 saturated heterocycles. The van der Waals surface area contributed by atoms with Gasteiger partial charge in [0.05, 0.1) is 0 Å². The first-order valence-electron chi connectivity index (χ1n) is 3.23. The highest BCUT2D eigenvalue weighted by Gasteiger charge is 1.77. The Hall–Kier alpha value is -0.230. The van der Waals surface area contributed by atoms with Gasteiger partial charge in [0.1, 0.15) is 0 Å². The minimum atomic E-state index is 0.633. The molecule has 0 aromatic rings. The van der Waals surface area contributed by atoms with Gasteiger partial charge in [-0.1, -0.05) is 18.2 Å². The Morgan fingerprint density at radius 2 is 2.00 bits per heavy atom. The number of rotatable bonds is 5. The second kappa shape index (κ2) is 7.77. The summed E-state index contributed by atoms with van der Waals surface area (Å²) in [6.45, 7) is 3.63. The molecule has 0 heterocycles. The van der Waals surface area contributed by atoms with Crippen LogP contribution in [0.2, 0.25) is 0 Å². The third kappa shape index (κ3) is 7.77. The van der Waals surface area contributed by atoms with Crippen molar-refractivity contribution in [2.24, 2.45) is 0 Å². The van der Waals surface area contributed by atoms with Crippen molar-refractivity contribution in [2.45, 2.75) is 19.3 Å². The lowest BCUT2D eigenvalue weighted by atomic mass is 10.2. The summed E-state index contributed by atoms with van der Waals surface area (Å²) in [5.41, 5.74) is 0. The van der Waals surface area contributed by atoms with Crippen LogP contribution >= 0.6 is 11.6 Å². The van der Waals surface area contributed by atoms with E-state index in [0.717, 1.165) is 12.8 Å². The van der Waals surface area contributed by atoms with Crippen LogP contribution in [-0.4, -0.2) is 5.88 Å². The number of hydrogen-bond donors (Lipinski definition) is 0. The van der Waals surface area contributed by atoms with Gasteiger partial charge in [0.25, 0.3) is 0 Å². The second-order valence-corrected chi connectivity index (χ2v) is 2.15. The Kier molecular flexibility index (Phi) is 7.57. The summed E-state index contributed by atoms with van der Waals surface area (Å²) >= 11 is 5.41. The molecule has 0 spiro atoms. The lowest BCUT2D eigenvalue weighted by molar-refractivity contribution is 0.869. The zero-order valence-corrected chi connectivity index (χ0v) is 6.40. The van der Waals surface area contributed by atoms with Gasteiger partial charge in [0.15, 0.2) is 0 Å². The van der Waals surface area contributed by atoms with Crippen LogP contribution in [-0.2, 0) is 0 Å². The minimum absolute atomic E-state index is 0.633. The topological polar surface area (TPSA) is 0 Å². The summed E-state index contributed by atoms with van der Waals surface area (Å²) < 4.78 is 0. The van der Waals surface area contributed by atoms with E-state index in [0.29, 0.717) is 5.88 Å². The van der Waals surface area contributed by atoms with Crippen LogP contribution in [0, 0.1) is 0 Å². The fraction of sp³-hybridized carbons (Fsp3) is 0.500. The summed E-state index contributed by atoms with van der Waals surface area (Å²) in [7, 11) is 0. The molecule has 0 aromatic heterocycles. The van der Waals surface area contributed by atoms with Crippen LogP contribution in [0.5, 0.6) is 0 Å². The highest BCUT2D eigenvalue weighted by molar-refractivity contribution is 6.18. The van der Waals surface area contributed by atoms with Crippen LogP contribution < -0.4 is 0 Å². The fourth-order valence-electron chi connectivity index (χ4n) is 0.561. The summed E-state index contributed by atoms with van der Waals surface area (Å²) in [5, 5.41) is 0. The lowest BCUT2D eigenvalue weighted by Gasteiger charge is -1.86. The number of alkyl halides is 1. The SMILES string of the molecule is C=CCCC/C=C/CCl. The highest BCUT2D eigenvalue weighted by atomic mass is 35.5. The average Bonchev–Trinajstić information content (AvgIpc) is 1.89. The van der Waals surface area contributed by atoms with Crippen LogP contribution in [0.25, 0.3) is 0 Å². The van der Waals surface area contributed by atoms with Gasteiger partial charge < -0.3 is 0 Å². The third-order valence-electron chi connectivity index (χ3n) is 1.03. The van der Waals surface area contributed by atoms with Crippen LogP contribution in [0.15, 0.2) is 24.8 Å². The fourth-order valence-corrected chi connectivity index (χ4v) is 0.687. The maximum absolute atomic E-state index is 5.41. The Balaban J connectivity index is 2.90. The smallest absolute Gasteiger partial charge is 0.0404 e. The first-order chi connectivity index (χ1) is 4.41. The van der Waals surface area contributed by atoms with Crippen molar-refractivity contribution < 1.29 is 0 Å². The molecule has 0 atom stereocenters. The molecular weight excluding hydrogens is 132 g/mol. The summed E-state index contributed by atoms with van der Waals surface area (Å²) in [6.07, 6.45) is 9.44. The maximum atomic E-state index is 5.41. The Labute approximate surface area is 62.2 Å². The van der Waals surface area contributed by atoms with E-state index >= 15 is 0 Å². The van der Waals surface area contributed by atoms with Gasteiger partial charge in [0.2, 0.25) is 0 Å². The molecule has 0 unspecified atom stereocenters. The molecule has 0 aliphatic carbocycles. The van der Waals surface area contributed by atoms with Gasteiger partial charge in [-0.2, -0.15) is 0 Å². The van der Waals surface area contributed by atoms with Crippen LogP contribution in [0.4, 0.5) is 0 Å². The van der Waals surface area contributed by atoms with E-state index in [1.165, 1.54) is 6.42 Å². The number of allylic oxidation sites excluding steroid dienone is 3. The van der Waals surface area contributed by atoms with E-state index in [9.17, 15) is 0 Å². The normalized spacial score (nSPS) is 10.3. The Bertz CT molecular complexity index is 84.6. The quantitative estimate of drug-likeness (QED) is 0.316. The standard InChI is InChI=1S/C8H13Cl/c1-2-3-4-5-6-7-8-9/h2,6-7H,1,3-5,8H2/b7-6+. The predicted octanol–water partition coefficient (Wildman–Crippen LogP) is 3.14. The minimum Gasteiger partial charge on any atom is -0.122 e. The Morgan fingerprint density at radius 1 is 1.22 bits per heavy atom. The molecule has 1 heteroatoms. The van der Waals surface area contributed by atoms with Crippen molar-refractivity contribution in [3.63, 3.8) is 0 Å². The molecule has 0 aliphatic heterocycles. The van der Waals surface area contributed by atoms with Crippen LogP contribution in [0.3, 0.4) is 0 Å². The van der Waals surface area contributed by atoms with E-state index in [-0.39, 0.29) is 0 Å². The van der Waals surface area contributed by atoms with Crippen molar-refractivity contribution in [3.8, 4) is 0 Å². The van der Waals surface area contributed by atoms with Gasteiger partial charge in [-0.3, -0.25) is 0 Å². The third-order valence-corrected chi connectivity index (χ3v) is 1.21. The largest absolute Gasteiger partial charge is 0.122 e. The molecule has 0 saturated carbocycles. The molecule has 0 aliphatic rings. The zero-order valence-electron chi connectivity index (χ0n) is 5.65. The predicted molar refractivity (Wildman–Crippen MR) is 43.9 cm³/mol. The molecule has 0 N–H and O–H groups in total. The number of hydrogen-bond acceptors (Lipinski definition) is 0. The molecule has 9 heavy (non-hydrogen) atoms. The van der Waals surface area contributed by atoms with Crippen molar-refractivity contribution >= 4 is 11.6 Å². The van der Waals surface area contributed by atoms with Gasteiger partial charge in [-0.15, -0.1) is 18.2 Å². The van der Waals surface area contributed by atoms with E-state index in [2.05, 4.69) is 12.7 Å². The molecule has 0 bridgehead atoms. The van der Waals surface area contributed by atoms with Gasteiger partial charge >= 0.3 is 0 Å². The van der Waals surface area contributed by atoms with Gasteiger partial charge in [-0.25, -0.2) is 0 Å². The van der Waals surface area contributed by atoms with Crippen molar-refractivity contribution in [3.05, 3.63) is 24.8 Å². The van der Waals surface area contributed by atoms with E-state index < -0.39 is 0 Å². The highest BCUT2D eigenvalue weighted by Crippen LogP contribution is 1.96. The van der Waals surface area contributed by atoms with Crippen molar-refractivity contribution in [1.82, 2.24) is 0 Å². The van der Waals surface area contributed by atoms with Crippen LogP contribution in [0.1, 0.15) is 19.3 Å². The van der Waals surface area contributed by atoms with E-state index in [1.54, 1.807) is 0 Å². The Morgan fingerprint density at radius 3 is 2.56 bits per heavy atom. The molecule has 0 rings (SSSR count). The molecule has 0 aromatic carbocycles. The lowest BCUT2D eigenvalue weighted by Crippen LogP contribution is -1.68. The van der Waals surface area contributed by atoms with E-state index in [4.69, 9.17) is 11.6 Å². The number of unbranched alkanes of at least 4 members (excludes halogenated alkanes) is 2. The zero-order chi connectivity index (χ0) is 6.95. The molecule has 0 nitrogen and oxygen atoms in total. The summed E-state index contributed by atoms with van der Waals surface area (Å²) in [4.78, 5) is 0. The molecular formula is C8H13Cl. The molecule has 52 valence electrons. The summed E-state index contributed by atoms with van der Waals surface area (Å²) in [5.74, 6) is 0.633. The van der Waals surface area contributed by atoms with Crippen molar-refractivity contribution in [2.75, 3.05) is 5.88 Å². The first-order valence-corrected chi connectivity index (χ1v) is 3.77. The van der Waals surface area contributed by atoms with E-state index in [1.807, 2.05) is 12.2 Å².